The predicted molar refractivity (Wildman–Crippen MR) is 44.3 cm³/mol. The van der Waals surface area contributed by atoms with Gasteiger partial charge in [0.05, 0.1) is 5.69 Å². The maximum Gasteiger partial charge on any atom is 0.226 e. The predicted octanol–water partition coefficient (Wildman–Crippen LogP) is -0.403. The standard InChI is InChI=1S/C6H8N6/c1-3-2-4-9-5(7)10-6(8)12(4)11-3/h2H,1H3,(H4,7,8,9,10). The van der Waals surface area contributed by atoms with Gasteiger partial charge in [-0.05, 0) is 6.92 Å². The van der Waals surface area contributed by atoms with Crippen LogP contribution in [-0.4, -0.2) is 19.6 Å². The third kappa shape index (κ3) is 0.849. The molecule has 0 saturated carbocycles. The first kappa shape index (κ1) is 6.84. The van der Waals surface area contributed by atoms with E-state index in [1.54, 1.807) is 6.07 Å². The molecule has 2 heterocycles. The highest BCUT2D eigenvalue weighted by Gasteiger charge is 2.03. The lowest BCUT2D eigenvalue weighted by Crippen LogP contribution is -2.06. The fourth-order valence-corrected chi connectivity index (χ4v) is 1.04. The average Bonchev–Trinajstić information content (AvgIpc) is 2.29. The Labute approximate surface area is 68.2 Å². The highest BCUT2D eigenvalue weighted by molar-refractivity contribution is 5.47. The SMILES string of the molecule is Cc1cc2nc(N)nc(N)n2n1. The zero-order valence-corrected chi connectivity index (χ0v) is 6.52. The van der Waals surface area contributed by atoms with Crippen molar-refractivity contribution in [1.29, 1.82) is 0 Å². The molecular formula is C6H8N6. The van der Waals surface area contributed by atoms with Gasteiger partial charge < -0.3 is 11.5 Å². The maximum atomic E-state index is 5.54. The lowest BCUT2D eigenvalue weighted by molar-refractivity contribution is 0.897. The molecule has 0 radical (unpaired) electrons. The van der Waals surface area contributed by atoms with E-state index < -0.39 is 0 Å². The quantitative estimate of drug-likeness (QED) is 0.552. The summed E-state index contributed by atoms with van der Waals surface area (Å²) < 4.78 is 1.45. The Bertz CT molecular complexity index is 431. The van der Waals surface area contributed by atoms with Crippen LogP contribution in [0.4, 0.5) is 11.9 Å². The maximum absolute atomic E-state index is 5.54. The molecule has 0 aromatic carbocycles. The monoisotopic (exact) mass is 164 g/mol. The summed E-state index contributed by atoms with van der Waals surface area (Å²) in [6, 6.07) is 1.79. The summed E-state index contributed by atoms with van der Waals surface area (Å²) in [5.41, 5.74) is 12.4. The van der Waals surface area contributed by atoms with Gasteiger partial charge in [0.2, 0.25) is 11.9 Å². The minimum absolute atomic E-state index is 0.167. The minimum Gasteiger partial charge on any atom is -0.368 e. The number of nitrogens with two attached hydrogens (primary N) is 2. The topological polar surface area (TPSA) is 95.1 Å². The van der Waals surface area contributed by atoms with Crippen molar-refractivity contribution in [3.05, 3.63) is 11.8 Å². The summed E-state index contributed by atoms with van der Waals surface area (Å²) in [7, 11) is 0. The summed E-state index contributed by atoms with van der Waals surface area (Å²) in [5, 5.41) is 4.06. The van der Waals surface area contributed by atoms with E-state index in [-0.39, 0.29) is 11.9 Å². The molecule has 0 bridgehead atoms. The van der Waals surface area contributed by atoms with Gasteiger partial charge in [0.25, 0.3) is 0 Å². The third-order valence-electron chi connectivity index (χ3n) is 1.49. The fourth-order valence-electron chi connectivity index (χ4n) is 1.04. The molecule has 0 aliphatic heterocycles. The number of fused-ring (bicyclic) bond motifs is 1. The molecule has 2 aromatic heterocycles. The number of aromatic nitrogens is 4. The van der Waals surface area contributed by atoms with Crippen LogP contribution < -0.4 is 11.5 Å². The lowest BCUT2D eigenvalue weighted by atomic mass is 10.5. The van der Waals surface area contributed by atoms with Crippen molar-refractivity contribution in [2.45, 2.75) is 6.92 Å². The number of hydrogen-bond donors (Lipinski definition) is 2. The molecule has 12 heavy (non-hydrogen) atoms. The summed E-state index contributed by atoms with van der Waals surface area (Å²) in [6.45, 7) is 1.85. The smallest absolute Gasteiger partial charge is 0.226 e. The van der Waals surface area contributed by atoms with Gasteiger partial charge in [0.15, 0.2) is 5.65 Å². The van der Waals surface area contributed by atoms with E-state index in [4.69, 9.17) is 11.5 Å². The van der Waals surface area contributed by atoms with Gasteiger partial charge in [0.1, 0.15) is 0 Å². The van der Waals surface area contributed by atoms with Crippen LogP contribution >= 0.6 is 0 Å². The van der Waals surface area contributed by atoms with Crippen molar-refractivity contribution in [2.75, 3.05) is 11.5 Å². The molecule has 0 unspecified atom stereocenters. The van der Waals surface area contributed by atoms with Crippen LogP contribution in [-0.2, 0) is 0 Å². The molecule has 6 nitrogen and oxygen atoms in total. The largest absolute Gasteiger partial charge is 0.368 e. The highest BCUT2D eigenvalue weighted by atomic mass is 15.3. The van der Waals surface area contributed by atoms with Gasteiger partial charge in [-0.25, -0.2) is 0 Å². The van der Waals surface area contributed by atoms with Crippen LogP contribution in [0.1, 0.15) is 5.69 Å². The molecular weight excluding hydrogens is 156 g/mol. The van der Waals surface area contributed by atoms with E-state index in [1.165, 1.54) is 4.52 Å². The Hall–Kier alpha value is -1.85. The van der Waals surface area contributed by atoms with Crippen LogP contribution in [0.3, 0.4) is 0 Å². The second kappa shape index (κ2) is 2.07. The molecule has 0 fully saturated rings. The summed E-state index contributed by atoms with van der Waals surface area (Å²) in [6.07, 6.45) is 0. The van der Waals surface area contributed by atoms with E-state index in [1.807, 2.05) is 6.92 Å². The second-order valence-electron chi connectivity index (χ2n) is 2.50. The zero-order chi connectivity index (χ0) is 8.72. The van der Waals surface area contributed by atoms with Crippen molar-refractivity contribution < 1.29 is 0 Å². The lowest BCUT2D eigenvalue weighted by Gasteiger charge is -1.97. The molecule has 6 heteroatoms. The Morgan fingerprint density at radius 2 is 2.08 bits per heavy atom. The number of aryl methyl sites for hydroxylation is 1. The van der Waals surface area contributed by atoms with Crippen molar-refractivity contribution in [3.63, 3.8) is 0 Å². The van der Waals surface area contributed by atoms with Crippen molar-refractivity contribution >= 4 is 17.5 Å². The van der Waals surface area contributed by atoms with Gasteiger partial charge in [-0.3, -0.25) is 0 Å². The zero-order valence-electron chi connectivity index (χ0n) is 6.52. The van der Waals surface area contributed by atoms with Crippen LogP contribution in [0.15, 0.2) is 6.07 Å². The number of hydrogen-bond acceptors (Lipinski definition) is 5. The van der Waals surface area contributed by atoms with E-state index in [0.29, 0.717) is 5.65 Å². The number of anilines is 2. The molecule has 0 spiro atoms. The highest BCUT2D eigenvalue weighted by Crippen LogP contribution is 2.07. The van der Waals surface area contributed by atoms with E-state index in [0.717, 1.165) is 5.69 Å². The molecule has 0 aliphatic carbocycles. The summed E-state index contributed by atoms with van der Waals surface area (Å²) in [4.78, 5) is 7.70. The molecule has 0 atom stereocenters. The molecule has 0 aliphatic rings. The van der Waals surface area contributed by atoms with Crippen LogP contribution in [0.2, 0.25) is 0 Å². The molecule has 2 aromatic rings. The Morgan fingerprint density at radius 3 is 2.83 bits per heavy atom. The Balaban J connectivity index is 2.88. The Morgan fingerprint density at radius 1 is 1.33 bits per heavy atom. The number of nitrogens with zero attached hydrogens (tertiary/aromatic N) is 4. The first-order valence-electron chi connectivity index (χ1n) is 3.42. The second-order valence-corrected chi connectivity index (χ2v) is 2.50. The van der Waals surface area contributed by atoms with E-state index in [2.05, 4.69) is 15.1 Å². The molecule has 0 saturated heterocycles. The normalized spacial score (nSPS) is 10.8. The van der Waals surface area contributed by atoms with Gasteiger partial charge in [-0.1, -0.05) is 0 Å². The first-order chi connectivity index (χ1) is 5.66. The van der Waals surface area contributed by atoms with Crippen molar-refractivity contribution in [2.24, 2.45) is 0 Å². The third-order valence-corrected chi connectivity index (χ3v) is 1.49. The number of rotatable bonds is 0. The van der Waals surface area contributed by atoms with Gasteiger partial charge >= 0.3 is 0 Å². The fraction of sp³-hybridized carbons (Fsp3) is 0.167. The van der Waals surface area contributed by atoms with Crippen LogP contribution in [0.5, 0.6) is 0 Å². The Kier molecular flexibility index (Phi) is 1.18. The van der Waals surface area contributed by atoms with Gasteiger partial charge in [-0.2, -0.15) is 19.6 Å². The van der Waals surface area contributed by atoms with E-state index >= 15 is 0 Å². The average molecular weight is 164 g/mol. The van der Waals surface area contributed by atoms with Crippen molar-refractivity contribution in [1.82, 2.24) is 19.6 Å². The summed E-state index contributed by atoms with van der Waals surface area (Å²) >= 11 is 0. The van der Waals surface area contributed by atoms with Crippen LogP contribution in [0.25, 0.3) is 5.65 Å². The van der Waals surface area contributed by atoms with Gasteiger partial charge in [-0.15, -0.1) is 0 Å². The van der Waals surface area contributed by atoms with Gasteiger partial charge in [0, 0.05) is 6.07 Å². The van der Waals surface area contributed by atoms with E-state index in [9.17, 15) is 0 Å². The molecule has 62 valence electrons. The summed E-state index contributed by atoms with van der Waals surface area (Å²) in [5.74, 6) is 0.422. The van der Waals surface area contributed by atoms with Crippen LogP contribution in [0, 0.1) is 6.92 Å². The molecule has 0 amide bonds. The minimum atomic E-state index is 0.167. The molecule has 2 rings (SSSR count). The molecule has 4 N–H and O–H groups in total. The first-order valence-corrected chi connectivity index (χ1v) is 3.42. The number of nitrogen functional groups attached to an aromatic ring is 2. The van der Waals surface area contributed by atoms with Crippen molar-refractivity contribution in [3.8, 4) is 0 Å².